The molecule has 0 N–H and O–H groups in total. The number of benzene rings is 2. The number of anilines is 2. The quantitative estimate of drug-likeness (QED) is 0.364. The normalized spacial score (nSPS) is 17.5. The van der Waals surface area contributed by atoms with Crippen LogP contribution in [0.5, 0.6) is 0 Å². The van der Waals surface area contributed by atoms with Crippen LogP contribution in [0.2, 0.25) is 0 Å². The summed E-state index contributed by atoms with van der Waals surface area (Å²) in [6.07, 6.45) is 14.0. The number of hydrogen-bond acceptors (Lipinski definition) is 5. The highest BCUT2D eigenvalue weighted by Gasteiger charge is 2.22. The largest absolute Gasteiger partial charge is 0.371 e. The van der Waals surface area contributed by atoms with Crippen LogP contribution in [0.4, 0.5) is 11.6 Å². The minimum Gasteiger partial charge on any atom is -0.371 e. The molecule has 0 unspecified atom stereocenters. The van der Waals surface area contributed by atoms with E-state index in [9.17, 15) is 4.79 Å². The van der Waals surface area contributed by atoms with Crippen molar-refractivity contribution in [2.75, 3.05) is 36.0 Å². The molecule has 192 valence electrons. The first-order chi connectivity index (χ1) is 18.3. The SMILES string of the molecule is O=c1nc2n(C/C=C/c3ccccc3)nc(N3CCCCCC3)n2c2cc(N3CCCCCC3)ccc12. The lowest BCUT2D eigenvalue weighted by Gasteiger charge is -2.23. The number of aromatic nitrogens is 4. The summed E-state index contributed by atoms with van der Waals surface area (Å²) >= 11 is 0. The Bertz CT molecular complexity index is 1440. The maximum absolute atomic E-state index is 13.2. The van der Waals surface area contributed by atoms with Crippen LogP contribution in [0, 0.1) is 0 Å². The summed E-state index contributed by atoms with van der Waals surface area (Å²) in [4.78, 5) is 22.6. The molecule has 2 saturated heterocycles. The monoisotopic (exact) mass is 496 g/mol. The van der Waals surface area contributed by atoms with E-state index in [0.717, 1.165) is 56.0 Å². The minimum absolute atomic E-state index is 0.187. The van der Waals surface area contributed by atoms with Crippen molar-refractivity contribution in [2.24, 2.45) is 0 Å². The molecule has 0 radical (unpaired) electrons. The molecule has 2 aromatic heterocycles. The Balaban J connectivity index is 1.48. The van der Waals surface area contributed by atoms with Crippen molar-refractivity contribution in [3.8, 4) is 0 Å². The molecule has 37 heavy (non-hydrogen) atoms. The van der Waals surface area contributed by atoms with Gasteiger partial charge >= 0.3 is 0 Å². The lowest BCUT2D eigenvalue weighted by molar-refractivity contribution is 0.697. The molecule has 6 rings (SSSR count). The summed E-state index contributed by atoms with van der Waals surface area (Å²) in [6.45, 7) is 4.64. The second kappa shape index (κ2) is 10.8. The second-order valence-electron chi connectivity index (χ2n) is 10.4. The molecule has 7 nitrogen and oxygen atoms in total. The van der Waals surface area contributed by atoms with Crippen molar-refractivity contribution in [3.05, 3.63) is 70.5 Å². The first kappa shape index (κ1) is 23.8. The van der Waals surface area contributed by atoms with E-state index in [-0.39, 0.29) is 5.56 Å². The summed E-state index contributed by atoms with van der Waals surface area (Å²) in [5, 5.41) is 5.73. The Morgan fingerprint density at radius 1 is 0.784 bits per heavy atom. The van der Waals surface area contributed by atoms with E-state index >= 15 is 0 Å². The number of rotatable bonds is 5. The molecule has 4 aromatic rings. The third-order valence-electron chi connectivity index (χ3n) is 7.74. The number of nitrogens with zero attached hydrogens (tertiary/aromatic N) is 6. The predicted octanol–water partition coefficient (Wildman–Crippen LogP) is 5.52. The fraction of sp³-hybridized carbons (Fsp3) is 0.433. The zero-order chi connectivity index (χ0) is 25.0. The third kappa shape index (κ3) is 4.99. The summed E-state index contributed by atoms with van der Waals surface area (Å²) in [6, 6.07) is 16.5. The number of hydrogen-bond donors (Lipinski definition) is 0. The van der Waals surface area contributed by atoms with Crippen molar-refractivity contribution in [1.82, 2.24) is 19.2 Å². The molecular formula is C30H36N6O. The highest BCUT2D eigenvalue weighted by atomic mass is 16.1. The van der Waals surface area contributed by atoms with Gasteiger partial charge in [0, 0.05) is 31.9 Å². The molecule has 0 spiro atoms. The molecule has 2 aromatic carbocycles. The van der Waals surface area contributed by atoms with Crippen molar-refractivity contribution in [3.63, 3.8) is 0 Å². The average molecular weight is 497 g/mol. The highest BCUT2D eigenvalue weighted by Crippen LogP contribution is 2.27. The van der Waals surface area contributed by atoms with Gasteiger partial charge in [0.05, 0.1) is 17.4 Å². The van der Waals surface area contributed by atoms with E-state index < -0.39 is 0 Å². The lowest BCUT2D eigenvalue weighted by atomic mass is 10.2. The van der Waals surface area contributed by atoms with Crippen LogP contribution in [-0.2, 0) is 6.54 Å². The summed E-state index contributed by atoms with van der Waals surface area (Å²) in [5.74, 6) is 1.51. The van der Waals surface area contributed by atoms with Gasteiger partial charge in [-0.1, -0.05) is 68.2 Å². The minimum atomic E-state index is -0.187. The molecular weight excluding hydrogens is 460 g/mol. The fourth-order valence-electron chi connectivity index (χ4n) is 5.74. The van der Waals surface area contributed by atoms with Gasteiger partial charge in [-0.05, 0) is 49.4 Å². The molecule has 0 aliphatic carbocycles. The van der Waals surface area contributed by atoms with E-state index in [1.165, 1.54) is 44.2 Å². The van der Waals surface area contributed by atoms with E-state index in [2.05, 4.69) is 55.6 Å². The predicted molar refractivity (Wildman–Crippen MR) is 152 cm³/mol. The Kier molecular flexibility index (Phi) is 6.93. The first-order valence-corrected chi connectivity index (χ1v) is 13.9. The average Bonchev–Trinajstić information content (AvgIpc) is 3.17. The highest BCUT2D eigenvalue weighted by molar-refractivity contribution is 5.85. The van der Waals surface area contributed by atoms with Gasteiger partial charge in [-0.15, -0.1) is 5.10 Å². The smallest absolute Gasteiger partial charge is 0.282 e. The van der Waals surface area contributed by atoms with Crippen molar-refractivity contribution in [1.29, 1.82) is 0 Å². The topological polar surface area (TPSA) is 58.7 Å². The molecule has 7 heteroatoms. The van der Waals surface area contributed by atoms with Crippen molar-refractivity contribution < 1.29 is 0 Å². The van der Waals surface area contributed by atoms with Gasteiger partial charge in [-0.3, -0.25) is 4.79 Å². The van der Waals surface area contributed by atoms with Crippen LogP contribution in [0.1, 0.15) is 56.9 Å². The standard InChI is InChI=1S/C30H36N6O/c37-28-26-17-16-25(33-18-8-1-2-9-19-33)23-27(26)36-29(31-28)35(22-12-15-24-13-6-5-7-14-24)32-30(36)34-20-10-3-4-11-21-34/h5-7,12-17,23H,1-4,8-11,18-22H2/b15-12+. The maximum atomic E-state index is 13.2. The van der Waals surface area contributed by atoms with Crippen LogP contribution in [-0.4, -0.2) is 45.3 Å². The third-order valence-corrected chi connectivity index (χ3v) is 7.74. The molecule has 2 aliphatic heterocycles. The summed E-state index contributed by atoms with van der Waals surface area (Å²) < 4.78 is 4.03. The van der Waals surface area contributed by atoms with Crippen LogP contribution < -0.4 is 15.4 Å². The zero-order valence-corrected chi connectivity index (χ0v) is 21.6. The van der Waals surface area contributed by atoms with Crippen LogP contribution in [0.15, 0.2) is 59.4 Å². The van der Waals surface area contributed by atoms with Gasteiger partial charge in [0.25, 0.3) is 5.56 Å². The maximum Gasteiger partial charge on any atom is 0.282 e. The molecule has 2 fully saturated rings. The molecule has 0 bridgehead atoms. The molecule has 0 atom stereocenters. The van der Waals surface area contributed by atoms with Gasteiger partial charge in [-0.2, -0.15) is 4.98 Å². The van der Waals surface area contributed by atoms with Gasteiger partial charge in [0.1, 0.15) is 0 Å². The fourth-order valence-corrected chi connectivity index (χ4v) is 5.74. The molecule has 2 aliphatic rings. The van der Waals surface area contributed by atoms with Gasteiger partial charge in [0.15, 0.2) is 0 Å². The van der Waals surface area contributed by atoms with Crippen molar-refractivity contribution in [2.45, 2.75) is 57.9 Å². The summed E-state index contributed by atoms with van der Waals surface area (Å²) in [7, 11) is 0. The van der Waals surface area contributed by atoms with Crippen molar-refractivity contribution >= 4 is 34.4 Å². The Morgan fingerprint density at radius 2 is 1.46 bits per heavy atom. The molecule has 0 saturated carbocycles. The first-order valence-electron chi connectivity index (χ1n) is 13.9. The van der Waals surface area contributed by atoms with E-state index in [4.69, 9.17) is 5.10 Å². The van der Waals surface area contributed by atoms with E-state index in [0.29, 0.717) is 17.7 Å². The van der Waals surface area contributed by atoms with Crippen LogP contribution in [0.25, 0.3) is 22.8 Å². The number of allylic oxidation sites excluding steroid dienone is 1. The van der Waals surface area contributed by atoms with E-state index in [1.54, 1.807) is 0 Å². The molecule has 4 heterocycles. The Morgan fingerprint density at radius 3 is 2.16 bits per heavy atom. The Labute approximate surface area is 218 Å². The van der Waals surface area contributed by atoms with Crippen LogP contribution in [0.3, 0.4) is 0 Å². The summed E-state index contributed by atoms with van der Waals surface area (Å²) in [5.41, 5.74) is 3.05. The number of fused-ring (bicyclic) bond motifs is 3. The van der Waals surface area contributed by atoms with Gasteiger partial charge in [-0.25, -0.2) is 9.08 Å². The van der Waals surface area contributed by atoms with Crippen LogP contribution >= 0.6 is 0 Å². The van der Waals surface area contributed by atoms with Gasteiger partial charge in [0.2, 0.25) is 11.7 Å². The lowest BCUT2D eigenvalue weighted by Crippen LogP contribution is -2.27. The molecule has 0 amide bonds. The zero-order valence-electron chi connectivity index (χ0n) is 21.6. The second-order valence-corrected chi connectivity index (χ2v) is 10.4. The Hall–Kier alpha value is -3.61. The van der Waals surface area contributed by atoms with Gasteiger partial charge < -0.3 is 9.80 Å². The van der Waals surface area contributed by atoms with E-state index in [1.807, 2.05) is 28.9 Å².